The summed E-state index contributed by atoms with van der Waals surface area (Å²) in [6.45, 7) is 5.66. The lowest BCUT2D eigenvalue weighted by Crippen LogP contribution is -2.40. The number of rotatable bonds is 4. The Kier molecular flexibility index (Phi) is 5.13. The topological polar surface area (TPSA) is 39.6 Å². The van der Waals surface area contributed by atoms with E-state index in [1.165, 1.54) is 0 Å². The highest BCUT2D eigenvalue weighted by Crippen LogP contribution is 2.23. The molecule has 0 radical (unpaired) electrons. The summed E-state index contributed by atoms with van der Waals surface area (Å²) in [7, 11) is 4.05. The molecule has 0 saturated carbocycles. The average molecular weight is 277 g/mol. The van der Waals surface area contributed by atoms with Crippen LogP contribution in [0.2, 0.25) is 0 Å². The summed E-state index contributed by atoms with van der Waals surface area (Å²) in [4.78, 5) is 9.06. The van der Waals surface area contributed by atoms with Gasteiger partial charge in [0.05, 0.1) is 11.3 Å². The van der Waals surface area contributed by atoms with Crippen molar-refractivity contribution in [3.05, 3.63) is 29.6 Å². The van der Waals surface area contributed by atoms with Gasteiger partial charge in [-0.25, -0.2) is 0 Å². The van der Waals surface area contributed by atoms with E-state index in [4.69, 9.17) is 0 Å². The molecule has 1 aliphatic rings. The molecule has 1 aromatic rings. The fraction of sp³-hybridized carbons (Fsp3) is 0.688. The molecule has 4 nitrogen and oxygen atoms in total. The summed E-state index contributed by atoms with van der Waals surface area (Å²) in [5.41, 5.74) is 1.67. The summed E-state index contributed by atoms with van der Waals surface area (Å²) < 4.78 is 0. The number of likely N-dealkylation sites (tertiary alicyclic amines) is 1. The Labute approximate surface area is 122 Å². The first-order valence-corrected chi connectivity index (χ1v) is 7.49. The molecule has 0 amide bonds. The number of pyridine rings is 1. The monoisotopic (exact) mass is 277 g/mol. The van der Waals surface area contributed by atoms with Crippen LogP contribution in [0.5, 0.6) is 0 Å². The van der Waals surface area contributed by atoms with Crippen molar-refractivity contribution >= 4 is 0 Å². The highest BCUT2D eigenvalue weighted by molar-refractivity contribution is 5.09. The number of hydrogen-bond donors (Lipinski definition) is 1. The Morgan fingerprint density at radius 1 is 1.30 bits per heavy atom. The van der Waals surface area contributed by atoms with Gasteiger partial charge in [0.1, 0.15) is 0 Å². The lowest BCUT2D eigenvalue weighted by atomic mass is 9.94. The van der Waals surface area contributed by atoms with Gasteiger partial charge in [-0.1, -0.05) is 6.07 Å². The predicted molar refractivity (Wildman–Crippen MR) is 81.6 cm³/mol. The Balaban J connectivity index is 1.93. The number of aryl methyl sites for hydroxylation is 1. The van der Waals surface area contributed by atoms with Crippen LogP contribution in [-0.4, -0.2) is 59.2 Å². The predicted octanol–water partition coefficient (Wildman–Crippen LogP) is 1.67. The Morgan fingerprint density at radius 3 is 2.80 bits per heavy atom. The van der Waals surface area contributed by atoms with Crippen molar-refractivity contribution in [2.24, 2.45) is 0 Å². The summed E-state index contributed by atoms with van der Waals surface area (Å²) in [5.74, 6) is 0. The maximum absolute atomic E-state index is 10.7. The molecule has 0 aliphatic carbocycles. The molecule has 1 aliphatic heterocycles. The highest BCUT2D eigenvalue weighted by atomic mass is 16.3. The zero-order valence-electron chi connectivity index (χ0n) is 13.0. The molecule has 1 aromatic heterocycles. The molecule has 1 N–H and O–H groups in total. The molecule has 0 bridgehead atoms. The van der Waals surface area contributed by atoms with E-state index in [0.717, 1.165) is 56.8 Å². The largest absolute Gasteiger partial charge is 0.389 e. The van der Waals surface area contributed by atoms with Gasteiger partial charge < -0.3 is 10.0 Å². The minimum Gasteiger partial charge on any atom is -0.389 e. The summed E-state index contributed by atoms with van der Waals surface area (Å²) in [5, 5.41) is 10.7. The van der Waals surface area contributed by atoms with Crippen LogP contribution < -0.4 is 0 Å². The molecular formula is C16H27N3O. The van der Waals surface area contributed by atoms with Gasteiger partial charge in [0.15, 0.2) is 0 Å². The molecule has 2 rings (SSSR count). The fourth-order valence-electron chi connectivity index (χ4n) is 3.06. The van der Waals surface area contributed by atoms with E-state index in [2.05, 4.69) is 26.9 Å². The quantitative estimate of drug-likeness (QED) is 0.909. The van der Waals surface area contributed by atoms with Crippen LogP contribution in [0, 0.1) is 6.92 Å². The van der Waals surface area contributed by atoms with Gasteiger partial charge in [0.2, 0.25) is 0 Å². The molecule has 1 atom stereocenters. The number of aromatic nitrogens is 1. The molecule has 0 spiro atoms. The second-order valence-corrected chi connectivity index (χ2v) is 6.36. The highest BCUT2D eigenvalue weighted by Gasteiger charge is 2.30. The zero-order chi connectivity index (χ0) is 14.6. The Morgan fingerprint density at radius 2 is 2.10 bits per heavy atom. The van der Waals surface area contributed by atoms with Crippen LogP contribution in [-0.2, 0) is 6.54 Å². The molecule has 1 fully saturated rings. The van der Waals surface area contributed by atoms with Crippen LogP contribution in [0.25, 0.3) is 0 Å². The molecule has 4 heteroatoms. The third kappa shape index (κ3) is 4.54. The van der Waals surface area contributed by atoms with Crippen molar-refractivity contribution in [2.75, 3.05) is 33.7 Å². The molecule has 20 heavy (non-hydrogen) atoms. The minimum atomic E-state index is -0.529. The van der Waals surface area contributed by atoms with E-state index in [1.54, 1.807) is 0 Å². The van der Waals surface area contributed by atoms with E-state index < -0.39 is 5.60 Å². The molecule has 2 heterocycles. The lowest BCUT2D eigenvalue weighted by molar-refractivity contribution is 0.00255. The van der Waals surface area contributed by atoms with Gasteiger partial charge in [-0.15, -0.1) is 0 Å². The smallest absolute Gasteiger partial charge is 0.0786 e. The van der Waals surface area contributed by atoms with Crippen molar-refractivity contribution < 1.29 is 5.11 Å². The fourth-order valence-corrected chi connectivity index (χ4v) is 3.06. The zero-order valence-corrected chi connectivity index (χ0v) is 13.0. The molecule has 1 unspecified atom stereocenters. The number of likely N-dealkylation sites (N-methyl/N-ethyl adjacent to an activating group) is 1. The number of nitrogens with zero attached hydrogens (tertiary/aromatic N) is 3. The van der Waals surface area contributed by atoms with Gasteiger partial charge in [-0.2, -0.15) is 0 Å². The van der Waals surface area contributed by atoms with Crippen molar-refractivity contribution in [1.82, 2.24) is 14.8 Å². The third-order valence-corrected chi connectivity index (χ3v) is 3.95. The van der Waals surface area contributed by atoms with Gasteiger partial charge in [0, 0.05) is 25.3 Å². The van der Waals surface area contributed by atoms with Gasteiger partial charge >= 0.3 is 0 Å². The average Bonchev–Trinajstić information content (AvgIpc) is 2.51. The van der Waals surface area contributed by atoms with Crippen LogP contribution in [0.15, 0.2) is 18.2 Å². The summed E-state index contributed by atoms with van der Waals surface area (Å²) in [6, 6.07) is 6.18. The van der Waals surface area contributed by atoms with Gasteiger partial charge in [-0.05, 0) is 59.0 Å². The molecule has 0 aromatic carbocycles. The van der Waals surface area contributed by atoms with Crippen molar-refractivity contribution in [2.45, 2.75) is 38.3 Å². The minimum absolute atomic E-state index is 0.529. The lowest BCUT2D eigenvalue weighted by Gasteiger charge is -2.30. The van der Waals surface area contributed by atoms with Crippen molar-refractivity contribution in [3.8, 4) is 0 Å². The van der Waals surface area contributed by atoms with E-state index in [0.29, 0.717) is 0 Å². The van der Waals surface area contributed by atoms with E-state index in [9.17, 15) is 5.11 Å². The van der Waals surface area contributed by atoms with Gasteiger partial charge in [0.25, 0.3) is 0 Å². The number of aliphatic hydroxyl groups is 1. The maximum Gasteiger partial charge on any atom is 0.0786 e. The first-order valence-electron chi connectivity index (χ1n) is 7.49. The first kappa shape index (κ1) is 15.4. The SMILES string of the molecule is Cc1cccc(CN2CCCC(O)(CN(C)C)CC2)n1. The summed E-state index contributed by atoms with van der Waals surface area (Å²) in [6.07, 6.45) is 2.79. The second-order valence-electron chi connectivity index (χ2n) is 6.36. The van der Waals surface area contributed by atoms with Gasteiger partial charge in [-0.3, -0.25) is 9.88 Å². The maximum atomic E-state index is 10.7. The van der Waals surface area contributed by atoms with E-state index >= 15 is 0 Å². The van der Waals surface area contributed by atoms with Crippen molar-refractivity contribution in [3.63, 3.8) is 0 Å². The Hall–Kier alpha value is -0.970. The molecular weight excluding hydrogens is 250 g/mol. The summed E-state index contributed by atoms with van der Waals surface area (Å²) >= 11 is 0. The van der Waals surface area contributed by atoms with E-state index in [1.807, 2.05) is 27.1 Å². The Bertz CT molecular complexity index is 435. The standard InChI is InChI=1S/C16H27N3O/c1-14-6-4-7-15(17-14)12-19-10-5-8-16(20,9-11-19)13-18(2)3/h4,6-7,20H,5,8-13H2,1-3H3. The van der Waals surface area contributed by atoms with Crippen LogP contribution in [0.4, 0.5) is 0 Å². The molecule has 1 saturated heterocycles. The first-order chi connectivity index (χ1) is 9.47. The van der Waals surface area contributed by atoms with Crippen LogP contribution >= 0.6 is 0 Å². The van der Waals surface area contributed by atoms with Crippen molar-refractivity contribution in [1.29, 1.82) is 0 Å². The number of hydrogen-bond acceptors (Lipinski definition) is 4. The normalized spacial score (nSPS) is 24.9. The molecule has 112 valence electrons. The van der Waals surface area contributed by atoms with Crippen LogP contribution in [0.3, 0.4) is 0 Å². The second kappa shape index (κ2) is 6.66. The van der Waals surface area contributed by atoms with E-state index in [-0.39, 0.29) is 0 Å². The van der Waals surface area contributed by atoms with Crippen LogP contribution in [0.1, 0.15) is 30.7 Å². The third-order valence-electron chi connectivity index (χ3n) is 3.95.